The molecule has 1 aromatic heterocycles. The van der Waals surface area contributed by atoms with Gasteiger partial charge in [0.25, 0.3) is 0 Å². The van der Waals surface area contributed by atoms with Gasteiger partial charge in [0.1, 0.15) is 0 Å². The van der Waals surface area contributed by atoms with E-state index in [-0.39, 0.29) is 0 Å². The summed E-state index contributed by atoms with van der Waals surface area (Å²) in [6.45, 7) is 2.28. The lowest BCUT2D eigenvalue weighted by Crippen LogP contribution is -2.35. The van der Waals surface area contributed by atoms with E-state index in [1.807, 2.05) is 12.3 Å². The van der Waals surface area contributed by atoms with Gasteiger partial charge in [-0.05, 0) is 32.5 Å². The van der Waals surface area contributed by atoms with Crippen LogP contribution in [0.5, 0.6) is 0 Å². The van der Waals surface area contributed by atoms with E-state index in [2.05, 4.69) is 35.2 Å². The molecule has 3 heteroatoms. The van der Waals surface area contributed by atoms with Gasteiger partial charge in [-0.3, -0.25) is 9.88 Å². The van der Waals surface area contributed by atoms with E-state index < -0.39 is 0 Å². The van der Waals surface area contributed by atoms with Crippen molar-refractivity contribution in [2.45, 2.75) is 31.5 Å². The third-order valence-corrected chi connectivity index (χ3v) is 3.60. The summed E-state index contributed by atoms with van der Waals surface area (Å²) in [6, 6.07) is 4.78. The third kappa shape index (κ3) is 0.932. The van der Waals surface area contributed by atoms with Crippen molar-refractivity contribution < 1.29 is 0 Å². The van der Waals surface area contributed by atoms with Gasteiger partial charge in [0.05, 0.1) is 17.5 Å². The van der Waals surface area contributed by atoms with Gasteiger partial charge < -0.3 is 5.32 Å². The van der Waals surface area contributed by atoms with Crippen molar-refractivity contribution in [1.29, 1.82) is 0 Å². The Labute approximate surface area is 84.1 Å². The van der Waals surface area contributed by atoms with Crippen LogP contribution in [0.2, 0.25) is 0 Å². The standard InChI is InChI=1S/C11H15N3/c1-7-6-8-10-9(4-3-5-12-10)13-11(8)14(7)2/h3-5,7-8,11,13H,6H2,1-2H3/t7?,8-,11?/m1/s1. The van der Waals surface area contributed by atoms with Crippen LogP contribution in [0, 0.1) is 0 Å². The molecule has 0 amide bonds. The van der Waals surface area contributed by atoms with Gasteiger partial charge in [-0.1, -0.05) is 0 Å². The first kappa shape index (κ1) is 8.24. The van der Waals surface area contributed by atoms with Crippen LogP contribution in [0.4, 0.5) is 5.69 Å². The normalized spacial score (nSPS) is 35.1. The van der Waals surface area contributed by atoms with Crippen LogP contribution in [-0.4, -0.2) is 29.1 Å². The van der Waals surface area contributed by atoms with E-state index in [0.717, 1.165) is 0 Å². The highest BCUT2D eigenvalue weighted by Gasteiger charge is 2.43. The molecule has 1 fully saturated rings. The van der Waals surface area contributed by atoms with Crippen molar-refractivity contribution in [1.82, 2.24) is 9.88 Å². The molecule has 3 rings (SSSR count). The van der Waals surface area contributed by atoms with Gasteiger partial charge in [-0.25, -0.2) is 0 Å². The molecule has 2 aliphatic rings. The number of aromatic nitrogens is 1. The van der Waals surface area contributed by atoms with Gasteiger partial charge in [-0.2, -0.15) is 0 Å². The average Bonchev–Trinajstić information content (AvgIpc) is 2.67. The quantitative estimate of drug-likeness (QED) is 0.672. The predicted molar refractivity (Wildman–Crippen MR) is 56.2 cm³/mol. The van der Waals surface area contributed by atoms with Crippen LogP contribution >= 0.6 is 0 Å². The Morgan fingerprint density at radius 2 is 2.43 bits per heavy atom. The molecule has 2 aliphatic heterocycles. The minimum atomic E-state index is 0.467. The van der Waals surface area contributed by atoms with Gasteiger partial charge in [0, 0.05) is 18.2 Å². The van der Waals surface area contributed by atoms with Gasteiger partial charge in [0.2, 0.25) is 0 Å². The summed E-state index contributed by atoms with van der Waals surface area (Å²) >= 11 is 0. The van der Waals surface area contributed by atoms with E-state index in [1.54, 1.807) is 0 Å². The number of anilines is 1. The Morgan fingerprint density at radius 1 is 1.57 bits per heavy atom. The lowest BCUT2D eigenvalue weighted by Gasteiger charge is -2.22. The molecule has 1 aromatic rings. The van der Waals surface area contributed by atoms with E-state index in [0.29, 0.717) is 18.1 Å². The molecule has 3 heterocycles. The second-order valence-corrected chi connectivity index (χ2v) is 4.38. The van der Waals surface area contributed by atoms with Crippen molar-refractivity contribution in [3.05, 3.63) is 24.0 Å². The zero-order valence-electron chi connectivity index (χ0n) is 8.57. The SMILES string of the molecule is CC1C[C@@H]2c3ncccc3NC2N1C. The summed E-state index contributed by atoms with van der Waals surface area (Å²) in [5.41, 5.74) is 2.48. The molecule has 1 N–H and O–H groups in total. The van der Waals surface area contributed by atoms with Crippen LogP contribution in [0.1, 0.15) is 25.0 Å². The first-order chi connectivity index (χ1) is 6.77. The number of likely N-dealkylation sites (tertiary alicyclic amines) is 1. The van der Waals surface area contributed by atoms with Crippen LogP contribution < -0.4 is 5.32 Å². The third-order valence-electron chi connectivity index (χ3n) is 3.60. The molecule has 1 saturated heterocycles. The average molecular weight is 189 g/mol. The molecular weight excluding hydrogens is 174 g/mol. The van der Waals surface area contributed by atoms with E-state index in [4.69, 9.17) is 0 Å². The number of hydrogen-bond acceptors (Lipinski definition) is 3. The molecule has 3 nitrogen and oxygen atoms in total. The maximum absolute atomic E-state index is 4.48. The number of nitrogens with one attached hydrogen (secondary N) is 1. The van der Waals surface area contributed by atoms with Gasteiger partial charge >= 0.3 is 0 Å². The molecule has 0 aromatic carbocycles. The van der Waals surface area contributed by atoms with Crippen molar-refractivity contribution in [2.24, 2.45) is 0 Å². The zero-order chi connectivity index (χ0) is 9.71. The fourth-order valence-electron chi connectivity index (χ4n) is 2.68. The second kappa shape index (κ2) is 2.70. The highest BCUT2D eigenvalue weighted by Crippen LogP contribution is 2.43. The first-order valence-electron chi connectivity index (χ1n) is 5.21. The topological polar surface area (TPSA) is 28.2 Å². The predicted octanol–water partition coefficient (Wildman–Crippen LogP) is 1.64. The fraction of sp³-hybridized carbons (Fsp3) is 0.545. The lowest BCUT2D eigenvalue weighted by atomic mass is 10.0. The number of nitrogens with zero attached hydrogens (tertiary/aromatic N) is 2. The molecule has 0 radical (unpaired) electrons. The highest BCUT2D eigenvalue weighted by molar-refractivity contribution is 5.56. The molecular formula is C11H15N3. The minimum Gasteiger partial charge on any atom is -0.368 e. The maximum atomic E-state index is 4.48. The fourth-order valence-corrected chi connectivity index (χ4v) is 2.68. The molecule has 0 spiro atoms. The lowest BCUT2D eigenvalue weighted by molar-refractivity contribution is 0.272. The summed E-state index contributed by atoms with van der Waals surface area (Å²) in [5.74, 6) is 0.589. The second-order valence-electron chi connectivity index (χ2n) is 4.38. The van der Waals surface area contributed by atoms with Crippen LogP contribution in [-0.2, 0) is 0 Å². The van der Waals surface area contributed by atoms with E-state index >= 15 is 0 Å². The van der Waals surface area contributed by atoms with Gasteiger partial charge in [0.15, 0.2) is 0 Å². The molecule has 74 valence electrons. The number of hydrogen-bond donors (Lipinski definition) is 1. The Morgan fingerprint density at radius 3 is 3.29 bits per heavy atom. The Hall–Kier alpha value is -1.09. The minimum absolute atomic E-state index is 0.467. The first-order valence-corrected chi connectivity index (χ1v) is 5.21. The maximum Gasteiger partial charge on any atom is 0.0880 e. The summed E-state index contributed by atoms with van der Waals surface area (Å²) in [7, 11) is 2.19. The molecule has 3 atom stereocenters. The summed E-state index contributed by atoms with van der Waals surface area (Å²) in [4.78, 5) is 6.89. The molecule has 14 heavy (non-hydrogen) atoms. The molecule has 2 unspecified atom stereocenters. The van der Waals surface area contributed by atoms with Crippen molar-refractivity contribution >= 4 is 5.69 Å². The molecule has 0 bridgehead atoms. The highest BCUT2D eigenvalue weighted by atomic mass is 15.3. The summed E-state index contributed by atoms with van der Waals surface area (Å²) < 4.78 is 0. The Balaban J connectivity index is 2.02. The number of likely N-dealkylation sites (N-methyl/N-ethyl adjacent to an activating group) is 1. The Kier molecular flexibility index (Phi) is 1.59. The van der Waals surface area contributed by atoms with Crippen LogP contribution in [0.3, 0.4) is 0 Å². The summed E-state index contributed by atoms with van der Waals surface area (Å²) in [5, 5.41) is 3.54. The van der Waals surface area contributed by atoms with Crippen molar-refractivity contribution in [3.63, 3.8) is 0 Å². The van der Waals surface area contributed by atoms with Gasteiger partial charge in [-0.15, -0.1) is 0 Å². The number of rotatable bonds is 0. The smallest absolute Gasteiger partial charge is 0.0880 e. The zero-order valence-corrected chi connectivity index (χ0v) is 8.57. The summed E-state index contributed by atoms with van der Waals surface area (Å²) in [6.07, 6.45) is 3.58. The number of fused-ring (bicyclic) bond motifs is 3. The van der Waals surface area contributed by atoms with E-state index in [9.17, 15) is 0 Å². The van der Waals surface area contributed by atoms with Crippen LogP contribution in [0.25, 0.3) is 0 Å². The number of pyridine rings is 1. The Bertz CT molecular complexity index is 363. The van der Waals surface area contributed by atoms with Crippen LogP contribution in [0.15, 0.2) is 18.3 Å². The largest absolute Gasteiger partial charge is 0.368 e. The molecule has 0 saturated carbocycles. The monoisotopic (exact) mass is 189 g/mol. The van der Waals surface area contributed by atoms with Crippen molar-refractivity contribution in [2.75, 3.05) is 12.4 Å². The van der Waals surface area contributed by atoms with Crippen molar-refractivity contribution in [3.8, 4) is 0 Å². The molecule has 0 aliphatic carbocycles. The van der Waals surface area contributed by atoms with E-state index in [1.165, 1.54) is 17.8 Å².